The predicted molar refractivity (Wildman–Crippen MR) is 74.6 cm³/mol. The monoisotopic (exact) mass is 232 g/mol. The Morgan fingerprint density at radius 3 is 3.00 bits per heavy atom. The largest absolute Gasteiger partial charge is 0.384 e. The highest BCUT2D eigenvalue weighted by molar-refractivity contribution is 5.57. The first kappa shape index (κ1) is 12.4. The van der Waals surface area contributed by atoms with Gasteiger partial charge in [0.2, 0.25) is 0 Å². The van der Waals surface area contributed by atoms with E-state index >= 15 is 0 Å². The third kappa shape index (κ3) is 3.22. The molecule has 1 aromatic rings. The Morgan fingerprint density at radius 2 is 2.29 bits per heavy atom. The standard InChI is InChI=1S/C15H24N2/c1-3-14-8-4-6-12(2)15(14)17-11-13-7-5-9-16-10-13/h4,6,8,13,16-17H,3,5,7,9-11H2,1-2H3. The Morgan fingerprint density at radius 1 is 1.41 bits per heavy atom. The minimum atomic E-state index is 0.785. The fourth-order valence-corrected chi connectivity index (χ4v) is 2.62. The molecule has 0 bridgehead atoms. The first-order chi connectivity index (χ1) is 8.31. The molecular weight excluding hydrogens is 208 g/mol. The van der Waals surface area contributed by atoms with E-state index in [1.54, 1.807) is 0 Å². The smallest absolute Gasteiger partial charge is 0.0402 e. The van der Waals surface area contributed by atoms with Crippen LogP contribution >= 0.6 is 0 Å². The molecular formula is C15H24N2. The maximum atomic E-state index is 3.66. The van der Waals surface area contributed by atoms with E-state index in [9.17, 15) is 0 Å². The van der Waals surface area contributed by atoms with Crippen LogP contribution in [0.4, 0.5) is 5.69 Å². The van der Waals surface area contributed by atoms with Crippen molar-refractivity contribution in [1.82, 2.24) is 5.32 Å². The van der Waals surface area contributed by atoms with E-state index in [0.717, 1.165) is 18.9 Å². The maximum Gasteiger partial charge on any atom is 0.0402 e. The number of nitrogens with one attached hydrogen (secondary N) is 2. The van der Waals surface area contributed by atoms with Gasteiger partial charge in [0.1, 0.15) is 0 Å². The lowest BCUT2D eigenvalue weighted by molar-refractivity contribution is 0.393. The molecule has 1 aliphatic heterocycles. The summed E-state index contributed by atoms with van der Waals surface area (Å²) in [5.41, 5.74) is 4.17. The number of hydrogen-bond donors (Lipinski definition) is 2. The van der Waals surface area contributed by atoms with Crippen LogP contribution in [0.2, 0.25) is 0 Å². The van der Waals surface area contributed by atoms with E-state index in [4.69, 9.17) is 0 Å². The summed E-state index contributed by atoms with van der Waals surface area (Å²) < 4.78 is 0. The molecule has 0 radical (unpaired) electrons. The number of benzene rings is 1. The number of hydrogen-bond acceptors (Lipinski definition) is 2. The molecule has 0 amide bonds. The fraction of sp³-hybridized carbons (Fsp3) is 0.600. The molecule has 0 aliphatic carbocycles. The van der Waals surface area contributed by atoms with E-state index in [0.29, 0.717) is 0 Å². The van der Waals surface area contributed by atoms with Crippen LogP contribution in [-0.4, -0.2) is 19.6 Å². The normalized spacial score (nSPS) is 20.2. The zero-order valence-electron chi connectivity index (χ0n) is 11.1. The van der Waals surface area contributed by atoms with Crippen molar-refractivity contribution in [1.29, 1.82) is 0 Å². The molecule has 0 spiro atoms. The Hall–Kier alpha value is -1.02. The molecule has 2 N–H and O–H groups in total. The molecule has 1 unspecified atom stereocenters. The minimum absolute atomic E-state index is 0.785. The maximum absolute atomic E-state index is 3.66. The summed E-state index contributed by atoms with van der Waals surface area (Å²) in [5.74, 6) is 0.785. The van der Waals surface area contributed by atoms with Gasteiger partial charge in [-0.3, -0.25) is 0 Å². The van der Waals surface area contributed by atoms with Crippen LogP contribution in [-0.2, 0) is 6.42 Å². The topological polar surface area (TPSA) is 24.1 Å². The Bertz CT molecular complexity index is 354. The summed E-state index contributed by atoms with van der Waals surface area (Å²) in [7, 11) is 0. The molecule has 1 heterocycles. The van der Waals surface area contributed by atoms with Crippen molar-refractivity contribution in [3.05, 3.63) is 29.3 Å². The predicted octanol–water partition coefficient (Wildman–Crippen LogP) is 2.97. The van der Waals surface area contributed by atoms with Gasteiger partial charge < -0.3 is 10.6 Å². The minimum Gasteiger partial charge on any atom is -0.384 e. The second-order valence-corrected chi connectivity index (χ2v) is 5.06. The number of rotatable bonds is 4. The SMILES string of the molecule is CCc1cccc(C)c1NCC1CCCNC1. The van der Waals surface area contributed by atoms with Crippen LogP contribution in [0.3, 0.4) is 0 Å². The highest BCUT2D eigenvalue weighted by atomic mass is 14.9. The Kier molecular flexibility index (Phi) is 4.43. The van der Waals surface area contributed by atoms with Crippen LogP contribution in [0, 0.1) is 12.8 Å². The van der Waals surface area contributed by atoms with Gasteiger partial charge in [0, 0.05) is 12.2 Å². The van der Waals surface area contributed by atoms with Gasteiger partial charge in [-0.2, -0.15) is 0 Å². The lowest BCUT2D eigenvalue weighted by Crippen LogP contribution is -2.33. The summed E-state index contributed by atoms with van der Waals surface area (Å²) >= 11 is 0. The van der Waals surface area contributed by atoms with Crippen molar-refractivity contribution in [2.75, 3.05) is 25.0 Å². The Balaban J connectivity index is 1.97. The van der Waals surface area contributed by atoms with Gasteiger partial charge in [0.25, 0.3) is 0 Å². The van der Waals surface area contributed by atoms with Crippen LogP contribution in [0.1, 0.15) is 30.9 Å². The van der Waals surface area contributed by atoms with E-state index in [1.807, 2.05) is 0 Å². The fourth-order valence-electron chi connectivity index (χ4n) is 2.62. The molecule has 1 aromatic carbocycles. The van der Waals surface area contributed by atoms with Crippen LogP contribution in [0.5, 0.6) is 0 Å². The second-order valence-electron chi connectivity index (χ2n) is 5.06. The lowest BCUT2D eigenvalue weighted by atomic mass is 9.99. The van der Waals surface area contributed by atoms with Gasteiger partial charge in [0.15, 0.2) is 0 Å². The summed E-state index contributed by atoms with van der Waals surface area (Å²) in [6, 6.07) is 6.58. The third-order valence-corrected chi connectivity index (χ3v) is 3.71. The van der Waals surface area contributed by atoms with Crippen molar-refractivity contribution in [3.63, 3.8) is 0 Å². The van der Waals surface area contributed by atoms with E-state index in [1.165, 1.54) is 42.7 Å². The number of piperidine rings is 1. The quantitative estimate of drug-likeness (QED) is 0.834. The summed E-state index contributed by atoms with van der Waals surface area (Å²) in [5, 5.41) is 7.14. The van der Waals surface area contributed by atoms with Crippen LogP contribution in [0.25, 0.3) is 0 Å². The molecule has 2 nitrogen and oxygen atoms in total. The second kappa shape index (κ2) is 6.06. The van der Waals surface area contributed by atoms with Gasteiger partial charge in [-0.05, 0) is 56.3 Å². The number of aryl methyl sites for hydroxylation is 2. The average molecular weight is 232 g/mol. The van der Waals surface area contributed by atoms with Crippen molar-refractivity contribution < 1.29 is 0 Å². The first-order valence-corrected chi connectivity index (χ1v) is 6.84. The molecule has 1 fully saturated rings. The molecule has 1 saturated heterocycles. The number of anilines is 1. The van der Waals surface area contributed by atoms with Gasteiger partial charge in [-0.25, -0.2) is 0 Å². The highest BCUT2D eigenvalue weighted by Gasteiger charge is 2.13. The van der Waals surface area contributed by atoms with Gasteiger partial charge >= 0.3 is 0 Å². The van der Waals surface area contributed by atoms with E-state index in [2.05, 4.69) is 42.7 Å². The lowest BCUT2D eigenvalue weighted by Gasteiger charge is -2.24. The van der Waals surface area contributed by atoms with Crippen molar-refractivity contribution in [3.8, 4) is 0 Å². The third-order valence-electron chi connectivity index (χ3n) is 3.71. The zero-order chi connectivity index (χ0) is 12.1. The molecule has 0 saturated carbocycles. The first-order valence-electron chi connectivity index (χ1n) is 6.84. The van der Waals surface area contributed by atoms with Crippen molar-refractivity contribution in [2.24, 2.45) is 5.92 Å². The molecule has 1 atom stereocenters. The highest BCUT2D eigenvalue weighted by Crippen LogP contribution is 2.22. The van der Waals surface area contributed by atoms with Crippen molar-refractivity contribution >= 4 is 5.69 Å². The average Bonchev–Trinajstić information content (AvgIpc) is 2.38. The summed E-state index contributed by atoms with van der Waals surface area (Å²) in [4.78, 5) is 0. The molecule has 0 aromatic heterocycles. The summed E-state index contributed by atoms with van der Waals surface area (Å²) in [6.07, 6.45) is 3.78. The van der Waals surface area contributed by atoms with E-state index < -0.39 is 0 Å². The molecule has 94 valence electrons. The number of para-hydroxylation sites is 1. The zero-order valence-corrected chi connectivity index (χ0v) is 11.1. The van der Waals surface area contributed by atoms with Gasteiger partial charge in [0.05, 0.1) is 0 Å². The molecule has 2 heteroatoms. The molecule has 17 heavy (non-hydrogen) atoms. The van der Waals surface area contributed by atoms with Gasteiger partial charge in [-0.15, -0.1) is 0 Å². The van der Waals surface area contributed by atoms with Gasteiger partial charge in [-0.1, -0.05) is 25.1 Å². The van der Waals surface area contributed by atoms with Crippen molar-refractivity contribution in [2.45, 2.75) is 33.1 Å². The Labute approximate surface area is 105 Å². The molecule has 1 aliphatic rings. The van der Waals surface area contributed by atoms with E-state index in [-0.39, 0.29) is 0 Å². The molecule has 2 rings (SSSR count). The van der Waals surface area contributed by atoms with Crippen LogP contribution < -0.4 is 10.6 Å². The van der Waals surface area contributed by atoms with Crippen LogP contribution in [0.15, 0.2) is 18.2 Å². The summed E-state index contributed by atoms with van der Waals surface area (Å²) in [6.45, 7) is 7.88.